The summed E-state index contributed by atoms with van der Waals surface area (Å²) in [5.41, 5.74) is 0.357. The molecule has 100 valence electrons. The molecule has 0 aromatic heterocycles. The number of rotatable bonds is 4. The molecule has 0 bridgehead atoms. The van der Waals surface area contributed by atoms with Crippen molar-refractivity contribution in [1.82, 2.24) is 5.32 Å². The van der Waals surface area contributed by atoms with E-state index in [9.17, 15) is 22.4 Å². The van der Waals surface area contributed by atoms with Crippen LogP contribution in [0.4, 0.5) is 23.2 Å². The summed E-state index contributed by atoms with van der Waals surface area (Å²) in [6.07, 6.45) is -4.36. The van der Waals surface area contributed by atoms with E-state index < -0.39 is 31.0 Å². The van der Waals surface area contributed by atoms with Gasteiger partial charge in [0.05, 0.1) is 18.8 Å². The standard InChI is InChI=1S/C10H9F4IN2O/c11-6-1-2-8(7(15)3-6)17-9(18)4-16-5-10(12,13)14/h1-3,16H,4-5H2,(H,17,18). The van der Waals surface area contributed by atoms with Gasteiger partial charge in [-0.15, -0.1) is 0 Å². The minimum atomic E-state index is -4.36. The number of amides is 1. The number of hydrogen-bond acceptors (Lipinski definition) is 2. The van der Waals surface area contributed by atoms with Gasteiger partial charge in [-0.3, -0.25) is 4.79 Å². The first-order chi connectivity index (χ1) is 8.28. The predicted molar refractivity (Wildman–Crippen MR) is 66.7 cm³/mol. The van der Waals surface area contributed by atoms with Crippen molar-refractivity contribution in [3.63, 3.8) is 0 Å². The SMILES string of the molecule is O=C(CNCC(F)(F)F)Nc1ccc(F)cc1I. The van der Waals surface area contributed by atoms with Gasteiger partial charge in [0.1, 0.15) is 5.82 Å². The molecule has 0 saturated carbocycles. The molecule has 3 nitrogen and oxygen atoms in total. The third-order valence-electron chi connectivity index (χ3n) is 1.82. The Morgan fingerprint density at radius 3 is 2.56 bits per heavy atom. The molecule has 0 unspecified atom stereocenters. The normalized spacial score (nSPS) is 11.4. The van der Waals surface area contributed by atoms with Gasteiger partial charge in [0.2, 0.25) is 5.91 Å². The molecule has 8 heteroatoms. The zero-order chi connectivity index (χ0) is 13.8. The predicted octanol–water partition coefficient (Wildman–Crippen LogP) is 2.52. The summed E-state index contributed by atoms with van der Waals surface area (Å²) in [7, 11) is 0. The first kappa shape index (κ1) is 15.2. The molecule has 0 radical (unpaired) electrons. The molecule has 0 heterocycles. The number of nitrogens with one attached hydrogen (secondary N) is 2. The Kier molecular flexibility index (Phi) is 5.32. The summed E-state index contributed by atoms with van der Waals surface area (Å²) in [4.78, 5) is 11.3. The van der Waals surface area contributed by atoms with Gasteiger partial charge in [0.25, 0.3) is 0 Å². The fourth-order valence-corrected chi connectivity index (χ4v) is 1.72. The molecule has 1 rings (SSSR count). The molecule has 0 spiro atoms. The number of halogens is 5. The van der Waals surface area contributed by atoms with Crippen molar-refractivity contribution in [2.75, 3.05) is 18.4 Å². The van der Waals surface area contributed by atoms with Crippen molar-refractivity contribution >= 4 is 34.2 Å². The molecule has 0 saturated heterocycles. The summed E-state index contributed by atoms with van der Waals surface area (Å²) < 4.78 is 48.6. The van der Waals surface area contributed by atoms with Crippen LogP contribution in [0.3, 0.4) is 0 Å². The van der Waals surface area contributed by atoms with Crippen LogP contribution in [0.5, 0.6) is 0 Å². The van der Waals surface area contributed by atoms with Crippen molar-refractivity contribution in [3.05, 3.63) is 27.6 Å². The summed E-state index contributed by atoms with van der Waals surface area (Å²) in [6.45, 7) is -1.70. The molecule has 2 N–H and O–H groups in total. The van der Waals surface area contributed by atoms with Crippen molar-refractivity contribution in [3.8, 4) is 0 Å². The Labute approximate surface area is 114 Å². The lowest BCUT2D eigenvalue weighted by Crippen LogP contribution is -2.35. The average molecular weight is 376 g/mol. The Morgan fingerprint density at radius 1 is 1.33 bits per heavy atom. The number of carbonyl (C=O) groups excluding carboxylic acids is 1. The van der Waals surface area contributed by atoms with E-state index in [0.29, 0.717) is 9.26 Å². The van der Waals surface area contributed by atoms with Crippen molar-refractivity contribution in [2.24, 2.45) is 0 Å². The van der Waals surface area contributed by atoms with Gasteiger partial charge >= 0.3 is 6.18 Å². The zero-order valence-corrected chi connectivity index (χ0v) is 11.1. The van der Waals surface area contributed by atoms with Crippen LogP contribution in [0.2, 0.25) is 0 Å². The van der Waals surface area contributed by atoms with E-state index in [1.165, 1.54) is 12.1 Å². The van der Waals surface area contributed by atoms with Gasteiger partial charge in [-0.1, -0.05) is 0 Å². The Morgan fingerprint density at radius 2 is 2.00 bits per heavy atom. The molecule has 1 aromatic rings. The number of benzene rings is 1. The highest BCUT2D eigenvalue weighted by Gasteiger charge is 2.26. The molecule has 0 aliphatic carbocycles. The highest BCUT2D eigenvalue weighted by molar-refractivity contribution is 14.1. The van der Waals surface area contributed by atoms with E-state index in [-0.39, 0.29) is 0 Å². The largest absolute Gasteiger partial charge is 0.401 e. The fourth-order valence-electron chi connectivity index (χ4n) is 1.10. The second-order valence-electron chi connectivity index (χ2n) is 3.39. The maximum absolute atomic E-state index is 12.8. The lowest BCUT2D eigenvalue weighted by molar-refractivity contribution is -0.126. The summed E-state index contributed by atoms with van der Waals surface area (Å²) in [5.74, 6) is -1.07. The summed E-state index contributed by atoms with van der Waals surface area (Å²) in [5, 5.41) is 4.34. The summed E-state index contributed by atoms with van der Waals surface area (Å²) >= 11 is 1.81. The zero-order valence-electron chi connectivity index (χ0n) is 8.94. The lowest BCUT2D eigenvalue weighted by atomic mass is 10.3. The Bertz CT molecular complexity index is 436. The van der Waals surface area contributed by atoms with Gasteiger partial charge in [0, 0.05) is 3.57 Å². The Balaban J connectivity index is 2.45. The second-order valence-corrected chi connectivity index (χ2v) is 4.55. The molecule has 18 heavy (non-hydrogen) atoms. The van der Waals surface area contributed by atoms with Gasteiger partial charge in [-0.2, -0.15) is 13.2 Å². The molecule has 1 amide bonds. The van der Waals surface area contributed by atoms with E-state index in [0.717, 1.165) is 6.07 Å². The van der Waals surface area contributed by atoms with E-state index in [1.54, 1.807) is 0 Å². The number of carbonyl (C=O) groups is 1. The monoisotopic (exact) mass is 376 g/mol. The van der Waals surface area contributed by atoms with Crippen LogP contribution >= 0.6 is 22.6 Å². The second kappa shape index (κ2) is 6.32. The molecule has 0 aliphatic rings. The maximum Gasteiger partial charge on any atom is 0.401 e. The van der Waals surface area contributed by atoms with Crippen LogP contribution < -0.4 is 10.6 Å². The first-order valence-electron chi connectivity index (χ1n) is 4.80. The van der Waals surface area contributed by atoms with Crippen molar-refractivity contribution < 1.29 is 22.4 Å². The average Bonchev–Trinajstić information content (AvgIpc) is 2.20. The molecular weight excluding hydrogens is 367 g/mol. The first-order valence-corrected chi connectivity index (χ1v) is 5.88. The van der Waals surface area contributed by atoms with E-state index in [1.807, 2.05) is 27.9 Å². The highest BCUT2D eigenvalue weighted by Crippen LogP contribution is 2.18. The van der Waals surface area contributed by atoms with Crippen molar-refractivity contribution in [1.29, 1.82) is 0 Å². The van der Waals surface area contributed by atoms with Crippen molar-refractivity contribution in [2.45, 2.75) is 6.18 Å². The summed E-state index contributed by atoms with van der Waals surface area (Å²) in [6, 6.07) is 3.71. The number of anilines is 1. The van der Waals surface area contributed by atoms with Gasteiger partial charge in [0.15, 0.2) is 0 Å². The maximum atomic E-state index is 12.8. The molecule has 0 aliphatic heterocycles. The van der Waals surface area contributed by atoms with Gasteiger partial charge in [-0.25, -0.2) is 4.39 Å². The third-order valence-corrected chi connectivity index (χ3v) is 2.71. The quantitative estimate of drug-likeness (QED) is 0.627. The van der Waals surface area contributed by atoms with E-state index in [2.05, 4.69) is 5.32 Å². The van der Waals surface area contributed by atoms with Crippen LogP contribution in [0, 0.1) is 9.39 Å². The van der Waals surface area contributed by atoms with Crippen LogP contribution in [0.25, 0.3) is 0 Å². The van der Waals surface area contributed by atoms with Crippen LogP contribution in [-0.2, 0) is 4.79 Å². The molecule has 0 atom stereocenters. The minimum absolute atomic E-state index is 0.357. The van der Waals surface area contributed by atoms with E-state index in [4.69, 9.17) is 0 Å². The Hall–Kier alpha value is -0.900. The van der Waals surface area contributed by atoms with E-state index >= 15 is 0 Å². The van der Waals surface area contributed by atoms with Crippen LogP contribution in [-0.4, -0.2) is 25.2 Å². The smallest absolute Gasteiger partial charge is 0.324 e. The van der Waals surface area contributed by atoms with Gasteiger partial charge < -0.3 is 10.6 Å². The van der Waals surface area contributed by atoms with Gasteiger partial charge in [-0.05, 0) is 40.8 Å². The number of alkyl halides is 3. The topological polar surface area (TPSA) is 41.1 Å². The molecule has 0 fully saturated rings. The molecular formula is C10H9F4IN2O. The van der Waals surface area contributed by atoms with Crippen LogP contribution in [0.1, 0.15) is 0 Å². The third kappa shape index (κ3) is 5.63. The minimum Gasteiger partial charge on any atom is -0.324 e. The fraction of sp³-hybridized carbons (Fsp3) is 0.300. The highest BCUT2D eigenvalue weighted by atomic mass is 127. The number of hydrogen-bond donors (Lipinski definition) is 2. The molecule has 1 aromatic carbocycles. The lowest BCUT2D eigenvalue weighted by Gasteiger charge is -2.09. The van der Waals surface area contributed by atoms with Crippen LogP contribution in [0.15, 0.2) is 18.2 Å².